The molecule has 9 nitrogen and oxygen atoms in total. The largest absolute Gasteiger partial charge is 0.354 e. The highest BCUT2D eigenvalue weighted by atomic mass is 35.5. The lowest BCUT2D eigenvalue weighted by atomic mass is 10.0. The lowest BCUT2D eigenvalue weighted by Gasteiger charge is -2.19. The number of rotatable bonds is 12. The Balaban J connectivity index is 1.47. The molecule has 1 aromatic carbocycles. The number of pyridine rings is 1. The third-order valence-electron chi connectivity index (χ3n) is 5.30. The maximum atomic E-state index is 12.8. The smallest absolute Gasteiger partial charge is 0.272 e. The molecule has 3 rings (SSSR count). The number of halogens is 2. The first-order valence-corrected chi connectivity index (χ1v) is 13.8. The van der Waals surface area contributed by atoms with Crippen LogP contribution in [0.25, 0.3) is 5.65 Å². The summed E-state index contributed by atoms with van der Waals surface area (Å²) in [7, 11) is -3.77. The second kappa shape index (κ2) is 12.5. The fraction of sp³-hybridized carbons (Fsp3) is 0.375. The molecule has 0 aliphatic rings. The number of fused-ring (bicyclic) bond motifs is 1. The van der Waals surface area contributed by atoms with E-state index in [1.807, 2.05) is 26.0 Å². The number of aromatic nitrogens is 2. The Labute approximate surface area is 220 Å². The van der Waals surface area contributed by atoms with Gasteiger partial charge in [0.25, 0.3) is 5.91 Å². The topological polar surface area (TPSA) is 122 Å². The molecule has 36 heavy (non-hydrogen) atoms. The molecule has 0 saturated carbocycles. The van der Waals surface area contributed by atoms with Crippen LogP contribution in [0.15, 0.2) is 53.7 Å². The molecule has 0 bridgehead atoms. The summed E-state index contributed by atoms with van der Waals surface area (Å²) in [5.41, 5.74) is 0.872. The standard InChI is InChI=1S/C24H29Cl2N5O4S/c1-16(2)13-19(30-24(33)20-15-31-12-6-3-7-22(31)29-20)23(32)27-10-4-5-11-28-36(34,35)21-9-8-17(25)14-18(21)26/h3,6-9,12,14-16,19,28H,4-5,10-11,13H2,1-2H3,(H,27,32)(H,30,33)/t19-/m0/s1. The van der Waals surface area contributed by atoms with Crippen LogP contribution >= 0.6 is 23.2 Å². The number of nitrogens with one attached hydrogen (secondary N) is 3. The summed E-state index contributed by atoms with van der Waals surface area (Å²) < 4.78 is 29.1. The number of hydrogen-bond donors (Lipinski definition) is 3. The summed E-state index contributed by atoms with van der Waals surface area (Å²) in [6.45, 7) is 4.45. The molecule has 0 aliphatic heterocycles. The van der Waals surface area contributed by atoms with Gasteiger partial charge in [0.05, 0.1) is 5.02 Å². The van der Waals surface area contributed by atoms with Crippen LogP contribution in [0.3, 0.4) is 0 Å². The van der Waals surface area contributed by atoms with Gasteiger partial charge >= 0.3 is 0 Å². The normalized spacial score (nSPS) is 12.6. The van der Waals surface area contributed by atoms with E-state index < -0.39 is 22.0 Å². The molecule has 12 heteroatoms. The van der Waals surface area contributed by atoms with E-state index in [-0.39, 0.29) is 34.0 Å². The van der Waals surface area contributed by atoms with Gasteiger partial charge in [-0.15, -0.1) is 0 Å². The zero-order valence-electron chi connectivity index (χ0n) is 20.0. The van der Waals surface area contributed by atoms with Crippen molar-refractivity contribution in [3.05, 3.63) is 64.5 Å². The number of hydrogen-bond acceptors (Lipinski definition) is 5. The van der Waals surface area contributed by atoms with Crippen LogP contribution in [0.4, 0.5) is 0 Å². The first-order valence-electron chi connectivity index (χ1n) is 11.5. The number of benzene rings is 1. The van der Waals surface area contributed by atoms with Crippen LogP contribution in [0.1, 0.15) is 43.6 Å². The quantitative estimate of drug-likeness (QED) is 0.295. The van der Waals surface area contributed by atoms with Crippen LogP contribution < -0.4 is 15.4 Å². The molecule has 0 saturated heterocycles. The maximum Gasteiger partial charge on any atom is 0.272 e. The average Bonchev–Trinajstić information content (AvgIpc) is 3.24. The summed E-state index contributed by atoms with van der Waals surface area (Å²) in [6, 6.07) is 8.92. The fourth-order valence-corrected chi connectivity index (χ4v) is 5.39. The number of carbonyl (C=O) groups is 2. The Bertz CT molecular complexity index is 1290. The Morgan fingerprint density at radius 3 is 2.53 bits per heavy atom. The van der Waals surface area contributed by atoms with Crippen molar-refractivity contribution in [3.8, 4) is 0 Å². The zero-order chi connectivity index (χ0) is 26.3. The van der Waals surface area contributed by atoms with E-state index in [0.717, 1.165) is 0 Å². The first kappa shape index (κ1) is 27.9. The van der Waals surface area contributed by atoms with Crippen molar-refractivity contribution in [1.82, 2.24) is 24.7 Å². The minimum absolute atomic E-state index is 0.0419. The van der Waals surface area contributed by atoms with Gasteiger partial charge in [-0.3, -0.25) is 9.59 Å². The predicted molar refractivity (Wildman–Crippen MR) is 140 cm³/mol. The van der Waals surface area contributed by atoms with Crippen LogP contribution in [0.2, 0.25) is 10.0 Å². The van der Waals surface area contributed by atoms with Gasteiger partial charge in [-0.05, 0) is 55.5 Å². The van der Waals surface area contributed by atoms with Gasteiger partial charge in [0.2, 0.25) is 15.9 Å². The molecule has 0 aliphatic carbocycles. The first-order chi connectivity index (χ1) is 17.1. The number of carbonyl (C=O) groups excluding carboxylic acids is 2. The third-order valence-corrected chi connectivity index (χ3v) is 7.48. The third kappa shape index (κ3) is 7.67. The van der Waals surface area contributed by atoms with Gasteiger partial charge in [-0.25, -0.2) is 18.1 Å². The highest BCUT2D eigenvalue weighted by molar-refractivity contribution is 7.89. The Hall–Kier alpha value is -2.66. The lowest BCUT2D eigenvalue weighted by Crippen LogP contribution is -2.47. The predicted octanol–water partition coefficient (Wildman–Crippen LogP) is 3.66. The number of nitrogens with zero attached hydrogens (tertiary/aromatic N) is 2. The van der Waals surface area contributed by atoms with E-state index in [1.54, 1.807) is 22.9 Å². The van der Waals surface area contributed by atoms with Crippen molar-refractivity contribution in [2.24, 2.45) is 5.92 Å². The number of imidazole rings is 1. The van der Waals surface area contributed by atoms with E-state index >= 15 is 0 Å². The Kier molecular flexibility index (Phi) is 9.72. The molecule has 0 spiro atoms. The highest BCUT2D eigenvalue weighted by Gasteiger charge is 2.23. The number of unbranched alkanes of at least 4 members (excludes halogenated alkanes) is 1. The summed E-state index contributed by atoms with van der Waals surface area (Å²) in [6.07, 6.45) is 4.91. The van der Waals surface area contributed by atoms with Gasteiger partial charge < -0.3 is 15.0 Å². The summed E-state index contributed by atoms with van der Waals surface area (Å²) in [5, 5.41) is 6.00. The molecular weight excluding hydrogens is 525 g/mol. The minimum Gasteiger partial charge on any atom is -0.354 e. The molecular formula is C24H29Cl2N5O4S. The molecule has 2 aromatic heterocycles. The van der Waals surface area contributed by atoms with Crippen molar-refractivity contribution in [3.63, 3.8) is 0 Å². The van der Waals surface area contributed by atoms with Crippen molar-refractivity contribution >= 4 is 50.7 Å². The minimum atomic E-state index is -3.77. The van der Waals surface area contributed by atoms with E-state index in [4.69, 9.17) is 23.2 Å². The number of amides is 2. The molecule has 3 aromatic rings. The SMILES string of the molecule is CC(C)C[C@H](NC(=O)c1cn2ccccc2n1)C(=O)NCCCCNS(=O)(=O)c1ccc(Cl)cc1Cl. The van der Waals surface area contributed by atoms with Crippen LogP contribution in [-0.2, 0) is 14.8 Å². The van der Waals surface area contributed by atoms with Gasteiger partial charge in [-0.2, -0.15) is 0 Å². The number of sulfonamides is 1. The molecule has 0 radical (unpaired) electrons. The molecule has 2 amide bonds. The summed E-state index contributed by atoms with van der Waals surface area (Å²) in [4.78, 5) is 29.8. The lowest BCUT2D eigenvalue weighted by molar-refractivity contribution is -0.123. The van der Waals surface area contributed by atoms with Crippen LogP contribution in [0, 0.1) is 5.92 Å². The molecule has 3 N–H and O–H groups in total. The van der Waals surface area contributed by atoms with Crippen molar-refractivity contribution in [1.29, 1.82) is 0 Å². The van der Waals surface area contributed by atoms with Crippen molar-refractivity contribution in [2.75, 3.05) is 13.1 Å². The monoisotopic (exact) mass is 553 g/mol. The average molecular weight is 555 g/mol. The maximum absolute atomic E-state index is 12.8. The zero-order valence-corrected chi connectivity index (χ0v) is 22.3. The second-order valence-electron chi connectivity index (χ2n) is 8.72. The van der Waals surface area contributed by atoms with Crippen LogP contribution in [-0.4, -0.2) is 48.7 Å². The van der Waals surface area contributed by atoms with Gasteiger partial charge in [0, 0.05) is 30.5 Å². The fourth-order valence-electron chi connectivity index (χ4n) is 3.54. The Morgan fingerprint density at radius 2 is 1.83 bits per heavy atom. The summed E-state index contributed by atoms with van der Waals surface area (Å²) >= 11 is 11.8. The van der Waals surface area contributed by atoms with E-state index in [2.05, 4.69) is 20.3 Å². The van der Waals surface area contributed by atoms with Gasteiger partial charge in [0.1, 0.15) is 22.3 Å². The van der Waals surface area contributed by atoms with E-state index in [9.17, 15) is 18.0 Å². The Morgan fingerprint density at radius 1 is 1.08 bits per heavy atom. The second-order valence-corrected chi connectivity index (χ2v) is 11.3. The molecule has 1 atom stereocenters. The van der Waals surface area contributed by atoms with E-state index in [0.29, 0.717) is 36.5 Å². The summed E-state index contributed by atoms with van der Waals surface area (Å²) in [5.74, 6) is -0.541. The molecule has 194 valence electrons. The van der Waals surface area contributed by atoms with E-state index in [1.165, 1.54) is 18.2 Å². The van der Waals surface area contributed by atoms with Crippen molar-refractivity contribution < 1.29 is 18.0 Å². The molecule has 0 unspecified atom stereocenters. The van der Waals surface area contributed by atoms with Crippen molar-refractivity contribution in [2.45, 2.75) is 44.0 Å². The highest BCUT2D eigenvalue weighted by Crippen LogP contribution is 2.24. The van der Waals surface area contributed by atoms with Gasteiger partial charge in [-0.1, -0.05) is 43.1 Å². The molecule has 2 heterocycles. The molecule has 0 fully saturated rings. The van der Waals surface area contributed by atoms with Crippen LogP contribution in [0.5, 0.6) is 0 Å². The van der Waals surface area contributed by atoms with Gasteiger partial charge in [0.15, 0.2) is 0 Å².